The Balaban J connectivity index is 2.40. The summed E-state index contributed by atoms with van der Waals surface area (Å²) in [4.78, 5) is 13.3. The van der Waals surface area contributed by atoms with E-state index in [4.69, 9.17) is 5.73 Å². The lowest BCUT2D eigenvalue weighted by molar-refractivity contribution is -0.119. The van der Waals surface area contributed by atoms with Crippen molar-refractivity contribution >= 4 is 5.91 Å². The highest BCUT2D eigenvalue weighted by Crippen LogP contribution is 2.12. The second-order valence-electron chi connectivity index (χ2n) is 4.35. The van der Waals surface area contributed by atoms with Crippen molar-refractivity contribution in [1.29, 1.82) is 0 Å². The second kappa shape index (κ2) is 7.41. The molecule has 0 radical (unpaired) electrons. The van der Waals surface area contributed by atoms with E-state index in [0.717, 1.165) is 45.3 Å². The highest BCUT2D eigenvalue weighted by atomic mass is 16.1. The molecule has 0 spiro atoms. The number of primary amides is 1. The summed E-state index contributed by atoms with van der Waals surface area (Å²) in [5, 5.41) is 3.33. The van der Waals surface area contributed by atoms with Gasteiger partial charge >= 0.3 is 0 Å². The fourth-order valence-corrected chi connectivity index (χ4v) is 2.20. The smallest absolute Gasteiger partial charge is 0.231 e. The third-order valence-corrected chi connectivity index (χ3v) is 3.04. The number of nitrogens with two attached hydrogens (primary N) is 1. The zero-order chi connectivity index (χ0) is 11.8. The van der Waals surface area contributed by atoms with Gasteiger partial charge in [-0.15, -0.1) is 6.58 Å². The zero-order valence-corrected chi connectivity index (χ0v) is 9.95. The first-order valence-corrected chi connectivity index (χ1v) is 6.08. The number of amides is 1. The summed E-state index contributed by atoms with van der Waals surface area (Å²) >= 11 is 0. The van der Waals surface area contributed by atoms with Crippen molar-refractivity contribution in [3.63, 3.8) is 0 Å². The van der Waals surface area contributed by atoms with Crippen molar-refractivity contribution in [3.05, 3.63) is 12.7 Å². The number of hydrogen-bond donors (Lipinski definition) is 2. The molecule has 1 fully saturated rings. The van der Waals surface area contributed by atoms with E-state index < -0.39 is 0 Å². The molecule has 0 bridgehead atoms. The molecule has 1 saturated heterocycles. The van der Waals surface area contributed by atoms with Gasteiger partial charge in [0.25, 0.3) is 0 Å². The number of nitrogens with one attached hydrogen (secondary N) is 1. The quantitative estimate of drug-likeness (QED) is 0.490. The van der Waals surface area contributed by atoms with Gasteiger partial charge in [0.15, 0.2) is 0 Å². The molecule has 1 rings (SSSR count). The van der Waals surface area contributed by atoms with Gasteiger partial charge in [0.1, 0.15) is 0 Å². The molecule has 1 aliphatic rings. The monoisotopic (exact) mass is 225 g/mol. The van der Waals surface area contributed by atoms with Crippen molar-refractivity contribution in [2.24, 2.45) is 5.73 Å². The molecule has 1 heterocycles. The second-order valence-corrected chi connectivity index (χ2v) is 4.35. The van der Waals surface area contributed by atoms with Crippen LogP contribution in [0, 0.1) is 0 Å². The lowest BCUT2D eigenvalue weighted by Crippen LogP contribution is -2.46. The molecule has 92 valence electrons. The van der Waals surface area contributed by atoms with Crippen LogP contribution in [-0.2, 0) is 4.79 Å². The van der Waals surface area contributed by atoms with E-state index in [-0.39, 0.29) is 5.91 Å². The maximum Gasteiger partial charge on any atom is 0.231 e. The number of rotatable bonds is 7. The van der Waals surface area contributed by atoms with Gasteiger partial charge in [0.2, 0.25) is 5.91 Å². The van der Waals surface area contributed by atoms with Crippen LogP contribution in [0.15, 0.2) is 12.7 Å². The van der Waals surface area contributed by atoms with E-state index in [9.17, 15) is 4.79 Å². The Labute approximate surface area is 97.9 Å². The molecule has 4 nitrogen and oxygen atoms in total. The molecule has 1 aliphatic heterocycles. The highest BCUT2D eigenvalue weighted by molar-refractivity contribution is 5.75. The largest absolute Gasteiger partial charge is 0.369 e. The number of carbonyl (C=O) groups is 1. The SMILES string of the molecule is C=CCCCN(CC(N)=O)C1CCNCC1. The average molecular weight is 225 g/mol. The standard InChI is InChI=1S/C12H23N3O/c1-2-3-4-9-15(10-12(13)16)11-5-7-14-8-6-11/h2,11,14H,1,3-10H2,(H2,13,16). The zero-order valence-electron chi connectivity index (χ0n) is 9.95. The summed E-state index contributed by atoms with van der Waals surface area (Å²) in [5.41, 5.74) is 5.29. The number of unbranched alkanes of at least 4 members (excludes halogenated alkanes) is 1. The Hall–Kier alpha value is -0.870. The normalized spacial score (nSPS) is 17.6. The van der Waals surface area contributed by atoms with Gasteiger partial charge in [-0.25, -0.2) is 0 Å². The Morgan fingerprint density at radius 2 is 2.19 bits per heavy atom. The van der Waals surface area contributed by atoms with Crippen molar-refractivity contribution in [2.45, 2.75) is 31.7 Å². The predicted molar refractivity (Wildman–Crippen MR) is 66.1 cm³/mol. The molecule has 0 unspecified atom stereocenters. The molecule has 1 amide bonds. The van der Waals surface area contributed by atoms with Gasteiger partial charge in [0.05, 0.1) is 6.54 Å². The number of nitrogens with zero attached hydrogens (tertiary/aromatic N) is 1. The Bertz CT molecular complexity index is 224. The van der Waals surface area contributed by atoms with E-state index in [1.54, 1.807) is 0 Å². The number of carbonyl (C=O) groups excluding carboxylic acids is 1. The van der Waals surface area contributed by atoms with Crippen molar-refractivity contribution < 1.29 is 4.79 Å². The molecule has 3 N–H and O–H groups in total. The topological polar surface area (TPSA) is 58.4 Å². The molecular formula is C12H23N3O. The summed E-state index contributed by atoms with van der Waals surface area (Å²) in [7, 11) is 0. The molecule has 0 aliphatic carbocycles. The molecule has 0 aromatic heterocycles. The van der Waals surface area contributed by atoms with Gasteiger partial charge in [-0.2, -0.15) is 0 Å². The first-order valence-electron chi connectivity index (χ1n) is 6.08. The number of allylic oxidation sites excluding steroid dienone is 1. The minimum Gasteiger partial charge on any atom is -0.369 e. The van der Waals surface area contributed by atoms with Crippen molar-refractivity contribution in [2.75, 3.05) is 26.2 Å². The highest BCUT2D eigenvalue weighted by Gasteiger charge is 2.21. The van der Waals surface area contributed by atoms with E-state index >= 15 is 0 Å². The van der Waals surface area contributed by atoms with Crippen LogP contribution in [0.25, 0.3) is 0 Å². The maximum atomic E-state index is 11.0. The van der Waals surface area contributed by atoms with Gasteiger partial charge in [-0.3, -0.25) is 9.69 Å². The van der Waals surface area contributed by atoms with Crippen LogP contribution in [0.2, 0.25) is 0 Å². The minimum absolute atomic E-state index is 0.225. The number of hydrogen-bond acceptors (Lipinski definition) is 3. The Kier molecular flexibility index (Phi) is 6.11. The van der Waals surface area contributed by atoms with Crippen LogP contribution in [0.1, 0.15) is 25.7 Å². The van der Waals surface area contributed by atoms with Crippen LogP contribution in [0.3, 0.4) is 0 Å². The first kappa shape index (κ1) is 13.2. The Morgan fingerprint density at radius 3 is 2.75 bits per heavy atom. The maximum absolute atomic E-state index is 11.0. The van der Waals surface area contributed by atoms with Gasteiger partial charge < -0.3 is 11.1 Å². The van der Waals surface area contributed by atoms with Crippen LogP contribution >= 0.6 is 0 Å². The van der Waals surface area contributed by atoms with Gasteiger partial charge in [0, 0.05) is 6.04 Å². The van der Waals surface area contributed by atoms with Crippen molar-refractivity contribution in [3.8, 4) is 0 Å². The molecule has 0 saturated carbocycles. The summed E-state index contributed by atoms with van der Waals surface area (Å²) in [5.74, 6) is -0.225. The van der Waals surface area contributed by atoms with Crippen LogP contribution < -0.4 is 11.1 Å². The summed E-state index contributed by atoms with van der Waals surface area (Å²) in [6.07, 6.45) is 6.20. The van der Waals surface area contributed by atoms with Crippen LogP contribution in [0.5, 0.6) is 0 Å². The lowest BCUT2D eigenvalue weighted by Gasteiger charge is -2.33. The molecule has 0 atom stereocenters. The van der Waals surface area contributed by atoms with Crippen molar-refractivity contribution in [1.82, 2.24) is 10.2 Å². The fourth-order valence-electron chi connectivity index (χ4n) is 2.20. The summed E-state index contributed by atoms with van der Waals surface area (Å²) in [6.45, 7) is 7.13. The van der Waals surface area contributed by atoms with E-state index in [0.29, 0.717) is 12.6 Å². The minimum atomic E-state index is -0.225. The molecule has 16 heavy (non-hydrogen) atoms. The first-order chi connectivity index (χ1) is 7.74. The summed E-state index contributed by atoms with van der Waals surface area (Å²) in [6, 6.07) is 0.513. The average Bonchev–Trinajstić information content (AvgIpc) is 2.29. The van der Waals surface area contributed by atoms with E-state index in [1.165, 1.54) is 0 Å². The fraction of sp³-hybridized carbons (Fsp3) is 0.750. The van der Waals surface area contributed by atoms with Crippen LogP contribution in [-0.4, -0.2) is 43.0 Å². The number of piperidine rings is 1. The van der Waals surface area contributed by atoms with Gasteiger partial charge in [-0.05, 0) is 45.3 Å². The van der Waals surface area contributed by atoms with Crippen LogP contribution in [0.4, 0.5) is 0 Å². The van der Waals surface area contributed by atoms with Gasteiger partial charge in [-0.1, -0.05) is 6.08 Å². The molecule has 4 heteroatoms. The van der Waals surface area contributed by atoms with E-state index in [2.05, 4.69) is 16.8 Å². The molecular weight excluding hydrogens is 202 g/mol. The molecule has 0 aromatic rings. The predicted octanol–water partition coefficient (Wildman–Crippen LogP) is 0.492. The summed E-state index contributed by atoms with van der Waals surface area (Å²) < 4.78 is 0. The lowest BCUT2D eigenvalue weighted by atomic mass is 10.0. The third-order valence-electron chi connectivity index (χ3n) is 3.04. The Morgan fingerprint density at radius 1 is 1.50 bits per heavy atom. The molecule has 0 aromatic carbocycles. The van der Waals surface area contributed by atoms with E-state index in [1.807, 2.05) is 6.08 Å². The third kappa shape index (κ3) is 4.77.